The zero-order valence-electron chi connectivity index (χ0n) is 12.4. The first-order chi connectivity index (χ1) is 10.2. The number of hydrogen-bond donors (Lipinski definition) is 1. The quantitative estimate of drug-likeness (QED) is 0.939. The summed E-state index contributed by atoms with van der Waals surface area (Å²) in [5, 5.41) is 3.95. The van der Waals surface area contributed by atoms with E-state index in [2.05, 4.69) is 5.16 Å². The second-order valence-corrected chi connectivity index (χ2v) is 5.41. The van der Waals surface area contributed by atoms with Crippen molar-refractivity contribution in [3.05, 3.63) is 29.5 Å². The number of methoxy groups -OCH3 is 1. The number of nitrogen functional groups attached to an aromatic ring is 1. The highest BCUT2D eigenvalue weighted by molar-refractivity contribution is 5.77. The fourth-order valence-electron chi connectivity index (χ4n) is 2.81. The summed E-state index contributed by atoms with van der Waals surface area (Å²) in [6.07, 6.45) is 2.06. The van der Waals surface area contributed by atoms with Crippen LogP contribution in [0.2, 0.25) is 0 Å². The van der Waals surface area contributed by atoms with Gasteiger partial charge in [-0.05, 0) is 37.0 Å². The lowest BCUT2D eigenvalue weighted by Gasteiger charge is -2.20. The summed E-state index contributed by atoms with van der Waals surface area (Å²) < 4.78 is 16.4. The minimum atomic E-state index is 0.214. The van der Waals surface area contributed by atoms with Gasteiger partial charge in [-0.25, -0.2) is 0 Å². The van der Waals surface area contributed by atoms with Crippen molar-refractivity contribution in [3.63, 3.8) is 0 Å². The average molecular weight is 288 g/mol. The highest BCUT2D eigenvalue weighted by Crippen LogP contribution is 2.38. The number of aromatic nitrogens is 1. The standard InChI is InChI=1S/C16H20N2O3/c1-10-5-6-11(8-13(10)19-2)14-15(21-18-16(14)17)12-4-3-7-20-9-12/h5-6,8,12H,3-4,7,9H2,1-2H3,(H2,17,18). The summed E-state index contributed by atoms with van der Waals surface area (Å²) in [5.41, 5.74) is 8.94. The van der Waals surface area contributed by atoms with Gasteiger partial charge in [0.2, 0.25) is 0 Å². The molecule has 0 bridgehead atoms. The Morgan fingerprint density at radius 2 is 2.24 bits per heavy atom. The molecule has 0 amide bonds. The fraction of sp³-hybridized carbons (Fsp3) is 0.438. The van der Waals surface area contributed by atoms with Gasteiger partial charge in [-0.15, -0.1) is 0 Å². The number of anilines is 1. The van der Waals surface area contributed by atoms with Crippen molar-refractivity contribution in [2.45, 2.75) is 25.7 Å². The van der Waals surface area contributed by atoms with Crippen LogP contribution in [0.25, 0.3) is 11.1 Å². The van der Waals surface area contributed by atoms with Crippen LogP contribution >= 0.6 is 0 Å². The van der Waals surface area contributed by atoms with Gasteiger partial charge in [0.25, 0.3) is 0 Å². The first kappa shape index (κ1) is 13.9. The van der Waals surface area contributed by atoms with E-state index >= 15 is 0 Å². The van der Waals surface area contributed by atoms with E-state index in [0.29, 0.717) is 12.4 Å². The van der Waals surface area contributed by atoms with E-state index < -0.39 is 0 Å². The maximum atomic E-state index is 6.02. The lowest BCUT2D eigenvalue weighted by Crippen LogP contribution is -2.15. The molecule has 0 spiro atoms. The third kappa shape index (κ3) is 2.61. The van der Waals surface area contributed by atoms with Gasteiger partial charge in [-0.1, -0.05) is 17.3 Å². The van der Waals surface area contributed by atoms with Crippen molar-refractivity contribution in [2.24, 2.45) is 0 Å². The Kier molecular flexibility index (Phi) is 3.84. The molecule has 1 aliphatic heterocycles. The van der Waals surface area contributed by atoms with Crippen molar-refractivity contribution < 1.29 is 14.0 Å². The normalized spacial score (nSPS) is 18.7. The first-order valence-electron chi connectivity index (χ1n) is 7.18. The van der Waals surface area contributed by atoms with Gasteiger partial charge in [-0.3, -0.25) is 0 Å². The van der Waals surface area contributed by atoms with Gasteiger partial charge in [0, 0.05) is 12.5 Å². The summed E-state index contributed by atoms with van der Waals surface area (Å²) in [5.74, 6) is 2.28. The minimum absolute atomic E-state index is 0.214. The van der Waals surface area contributed by atoms with Crippen LogP contribution < -0.4 is 10.5 Å². The molecule has 3 rings (SSSR count). The Balaban J connectivity index is 2.03. The molecule has 1 atom stereocenters. The molecular weight excluding hydrogens is 268 g/mol. The average Bonchev–Trinajstić information content (AvgIpc) is 2.90. The Bertz CT molecular complexity index is 630. The van der Waals surface area contributed by atoms with E-state index in [1.807, 2.05) is 25.1 Å². The lowest BCUT2D eigenvalue weighted by molar-refractivity contribution is 0.0723. The van der Waals surface area contributed by atoms with Gasteiger partial charge in [0.05, 0.1) is 19.3 Å². The second kappa shape index (κ2) is 5.77. The molecule has 1 saturated heterocycles. The third-order valence-electron chi connectivity index (χ3n) is 3.97. The number of nitrogens with zero attached hydrogens (tertiary/aromatic N) is 1. The number of aryl methyl sites for hydroxylation is 1. The van der Waals surface area contributed by atoms with Crippen LogP contribution in [-0.2, 0) is 4.74 Å². The summed E-state index contributed by atoms with van der Waals surface area (Å²) in [4.78, 5) is 0. The molecule has 5 heteroatoms. The molecule has 1 unspecified atom stereocenters. The van der Waals surface area contributed by atoms with Gasteiger partial charge in [0.15, 0.2) is 11.6 Å². The van der Waals surface area contributed by atoms with Crippen LogP contribution in [0.4, 0.5) is 5.82 Å². The van der Waals surface area contributed by atoms with Gasteiger partial charge >= 0.3 is 0 Å². The molecule has 0 radical (unpaired) electrons. The van der Waals surface area contributed by atoms with Gasteiger partial charge in [-0.2, -0.15) is 0 Å². The summed E-state index contributed by atoms with van der Waals surface area (Å²) in [6.45, 7) is 3.48. The molecule has 2 heterocycles. The van der Waals surface area contributed by atoms with E-state index in [9.17, 15) is 0 Å². The second-order valence-electron chi connectivity index (χ2n) is 5.41. The molecule has 21 heavy (non-hydrogen) atoms. The van der Waals surface area contributed by atoms with Crippen LogP contribution in [0.15, 0.2) is 22.7 Å². The zero-order chi connectivity index (χ0) is 14.8. The number of ether oxygens (including phenoxy) is 2. The Hall–Kier alpha value is -2.01. The van der Waals surface area contributed by atoms with E-state index in [1.54, 1.807) is 7.11 Å². The number of benzene rings is 1. The molecule has 2 N–H and O–H groups in total. The van der Waals surface area contributed by atoms with E-state index in [4.69, 9.17) is 19.7 Å². The summed E-state index contributed by atoms with van der Waals surface area (Å²) >= 11 is 0. The fourth-order valence-corrected chi connectivity index (χ4v) is 2.81. The molecule has 0 aliphatic carbocycles. The first-order valence-corrected chi connectivity index (χ1v) is 7.18. The van der Waals surface area contributed by atoms with Crippen LogP contribution in [0.1, 0.15) is 30.1 Å². The van der Waals surface area contributed by atoms with Crippen molar-refractivity contribution in [1.82, 2.24) is 5.16 Å². The predicted molar refractivity (Wildman–Crippen MR) is 80.4 cm³/mol. The molecule has 2 aromatic rings. The zero-order valence-corrected chi connectivity index (χ0v) is 12.4. The largest absolute Gasteiger partial charge is 0.496 e. The summed E-state index contributed by atoms with van der Waals surface area (Å²) in [6, 6.07) is 6.01. The maximum Gasteiger partial charge on any atom is 0.175 e. The smallest absolute Gasteiger partial charge is 0.175 e. The van der Waals surface area contributed by atoms with Gasteiger partial charge in [0.1, 0.15) is 5.75 Å². The topological polar surface area (TPSA) is 70.5 Å². The third-order valence-corrected chi connectivity index (χ3v) is 3.97. The van der Waals surface area contributed by atoms with Crippen LogP contribution in [0.5, 0.6) is 5.75 Å². The van der Waals surface area contributed by atoms with Crippen molar-refractivity contribution >= 4 is 5.82 Å². The van der Waals surface area contributed by atoms with Crippen LogP contribution in [-0.4, -0.2) is 25.5 Å². The molecule has 1 aliphatic rings. The highest BCUT2D eigenvalue weighted by atomic mass is 16.5. The van der Waals surface area contributed by atoms with Crippen molar-refractivity contribution in [3.8, 4) is 16.9 Å². The molecule has 1 fully saturated rings. The monoisotopic (exact) mass is 288 g/mol. The number of rotatable bonds is 3. The molecule has 5 nitrogen and oxygen atoms in total. The molecule has 1 aromatic carbocycles. The number of hydrogen-bond acceptors (Lipinski definition) is 5. The van der Waals surface area contributed by atoms with Crippen molar-refractivity contribution in [1.29, 1.82) is 0 Å². The van der Waals surface area contributed by atoms with Gasteiger partial charge < -0.3 is 19.7 Å². The molecule has 112 valence electrons. The predicted octanol–water partition coefficient (Wildman–Crippen LogP) is 3.13. The molecule has 1 aromatic heterocycles. The van der Waals surface area contributed by atoms with E-state index in [1.165, 1.54) is 0 Å². The minimum Gasteiger partial charge on any atom is -0.496 e. The van der Waals surface area contributed by atoms with Crippen molar-refractivity contribution in [2.75, 3.05) is 26.1 Å². The van der Waals surface area contributed by atoms with E-state index in [-0.39, 0.29) is 5.92 Å². The Labute approximate surface area is 124 Å². The van der Waals surface area contributed by atoms with E-state index in [0.717, 1.165) is 47.6 Å². The Morgan fingerprint density at radius 1 is 1.38 bits per heavy atom. The summed E-state index contributed by atoms with van der Waals surface area (Å²) in [7, 11) is 1.67. The lowest BCUT2D eigenvalue weighted by atomic mass is 9.93. The highest BCUT2D eigenvalue weighted by Gasteiger charge is 2.26. The SMILES string of the molecule is COc1cc(-c2c(N)noc2C2CCCOC2)ccc1C. The van der Waals surface area contributed by atoms with Crippen LogP contribution in [0.3, 0.4) is 0 Å². The molecular formula is C16H20N2O3. The molecule has 0 saturated carbocycles. The van der Waals surface area contributed by atoms with Crippen LogP contribution in [0, 0.1) is 6.92 Å². The number of nitrogens with two attached hydrogens (primary N) is 1. The Morgan fingerprint density at radius 3 is 2.95 bits per heavy atom. The maximum absolute atomic E-state index is 6.02.